The fourth-order valence-corrected chi connectivity index (χ4v) is 2.79. The number of carbonyl (C=O) groups excluding carboxylic acids is 1. The SMILES string of the molecule is COc1cccc(Oc2ccc(C(F)(F)F)cc2NC(=O)CC(C)(C)CC(=O)O)c1. The molecule has 2 aromatic rings. The van der Waals surface area contributed by atoms with E-state index in [1.54, 1.807) is 38.1 Å². The molecule has 0 saturated carbocycles. The average molecular weight is 425 g/mol. The van der Waals surface area contributed by atoms with Crippen LogP contribution in [0.5, 0.6) is 17.2 Å². The summed E-state index contributed by atoms with van der Waals surface area (Å²) >= 11 is 0. The number of halogens is 3. The van der Waals surface area contributed by atoms with Gasteiger partial charge in [0, 0.05) is 12.5 Å². The normalized spacial score (nSPS) is 11.7. The quantitative estimate of drug-likeness (QED) is 0.597. The number of carbonyl (C=O) groups is 2. The van der Waals surface area contributed by atoms with Crippen LogP contribution in [0.2, 0.25) is 0 Å². The zero-order valence-electron chi connectivity index (χ0n) is 16.7. The maximum absolute atomic E-state index is 13.1. The van der Waals surface area contributed by atoms with Gasteiger partial charge in [-0.05, 0) is 35.7 Å². The number of amides is 1. The summed E-state index contributed by atoms with van der Waals surface area (Å²) in [4.78, 5) is 23.3. The lowest BCUT2D eigenvalue weighted by atomic mass is 9.85. The summed E-state index contributed by atoms with van der Waals surface area (Å²) < 4.78 is 50.2. The lowest BCUT2D eigenvalue weighted by Gasteiger charge is -2.22. The van der Waals surface area contributed by atoms with Crippen molar-refractivity contribution in [1.82, 2.24) is 0 Å². The molecule has 0 spiro atoms. The molecule has 9 heteroatoms. The molecule has 2 aromatic carbocycles. The largest absolute Gasteiger partial charge is 0.497 e. The number of anilines is 1. The van der Waals surface area contributed by atoms with Gasteiger partial charge in [0.1, 0.15) is 11.5 Å². The predicted octanol–water partition coefficient (Wildman–Crippen LogP) is 5.34. The number of rotatable bonds is 8. The summed E-state index contributed by atoms with van der Waals surface area (Å²) in [6.45, 7) is 3.17. The first-order valence-corrected chi connectivity index (χ1v) is 8.94. The number of carboxylic acids is 1. The molecular weight excluding hydrogens is 403 g/mol. The molecule has 0 saturated heterocycles. The van der Waals surface area contributed by atoms with Crippen LogP contribution in [0.15, 0.2) is 42.5 Å². The van der Waals surface area contributed by atoms with Crippen molar-refractivity contribution in [2.45, 2.75) is 32.9 Å². The van der Waals surface area contributed by atoms with Crippen LogP contribution in [0, 0.1) is 5.41 Å². The highest BCUT2D eigenvalue weighted by molar-refractivity contribution is 5.93. The van der Waals surface area contributed by atoms with E-state index in [2.05, 4.69) is 5.32 Å². The Morgan fingerprint density at radius 1 is 1.03 bits per heavy atom. The molecule has 30 heavy (non-hydrogen) atoms. The van der Waals surface area contributed by atoms with Gasteiger partial charge in [-0.15, -0.1) is 0 Å². The highest BCUT2D eigenvalue weighted by Crippen LogP contribution is 2.38. The first kappa shape index (κ1) is 23.1. The molecule has 6 nitrogen and oxygen atoms in total. The lowest BCUT2D eigenvalue weighted by molar-refractivity contribution is -0.140. The van der Waals surface area contributed by atoms with Gasteiger partial charge in [0.2, 0.25) is 5.91 Å². The van der Waals surface area contributed by atoms with Gasteiger partial charge in [-0.2, -0.15) is 13.2 Å². The lowest BCUT2D eigenvalue weighted by Crippen LogP contribution is -2.25. The average Bonchev–Trinajstić information content (AvgIpc) is 2.60. The van der Waals surface area contributed by atoms with Crippen LogP contribution in [0.1, 0.15) is 32.3 Å². The number of hydrogen-bond donors (Lipinski definition) is 2. The second-order valence-electron chi connectivity index (χ2n) is 7.45. The number of aliphatic carboxylic acids is 1. The molecule has 0 aliphatic heterocycles. The zero-order valence-corrected chi connectivity index (χ0v) is 16.7. The topological polar surface area (TPSA) is 84.9 Å². The Kier molecular flexibility index (Phi) is 6.96. The van der Waals surface area contributed by atoms with E-state index in [9.17, 15) is 22.8 Å². The van der Waals surface area contributed by atoms with Crippen LogP contribution in [-0.4, -0.2) is 24.1 Å². The zero-order chi connectivity index (χ0) is 22.5. The van der Waals surface area contributed by atoms with Crippen molar-refractivity contribution < 1.29 is 37.3 Å². The number of methoxy groups -OCH3 is 1. The molecule has 0 bridgehead atoms. The molecule has 0 aliphatic carbocycles. The van der Waals surface area contributed by atoms with Crippen molar-refractivity contribution >= 4 is 17.6 Å². The van der Waals surface area contributed by atoms with E-state index in [1.807, 2.05) is 0 Å². The number of nitrogens with one attached hydrogen (secondary N) is 1. The van der Waals surface area contributed by atoms with Crippen LogP contribution in [0.25, 0.3) is 0 Å². The van der Waals surface area contributed by atoms with E-state index in [-0.39, 0.29) is 24.3 Å². The third-order valence-corrected chi connectivity index (χ3v) is 4.12. The molecule has 0 aliphatic rings. The number of ether oxygens (including phenoxy) is 2. The van der Waals surface area contributed by atoms with Crippen LogP contribution < -0.4 is 14.8 Å². The summed E-state index contributed by atoms with van der Waals surface area (Å²) in [5.41, 5.74) is -2.02. The smallest absolute Gasteiger partial charge is 0.416 e. The van der Waals surface area contributed by atoms with Crippen LogP contribution >= 0.6 is 0 Å². The molecule has 0 heterocycles. The maximum atomic E-state index is 13.1. The fourth-order valence-electron chi connectivity index (χ4n) is 2.79. The van der Waals surface area contributed by atoms with E-state index in [0.29, 0.717) is 11.5 Å². The third kappa shape index (κ3) is 6.68. The molecular formula is C21H22F3NO5. The highest BCUT2D eigenvalue weighted by Gasteiger charge is 2.32. The molecule has 0 radical (unpaired) electrons. The second-order valence-corrected chi connectivity index (χ2v) is 7.45. The van der Waals surface area contributed by atoms with Crippen LogP contribution in [0.3, 0.4) is 0 Å². The Labute approximate surface area is 171 Å². The first-order valence-electron chi connectivity index (χ1n) is 8.94. The standard InChI is InChI=1S/C21H22F3NO5/c1-20(2,12-19(27)28)11-18(26)25-16-9-13(21(22,23)24)7-8-17(16)30-15-6-4-5-14(10-15)29-3/h4-10H,11-12H2,1-3H3,(H,25,26)(H,27,28). The van der Waals surface area contributed by atoms with Crippen molar-refractivity contribution in [2.24, 2.45) is 5.41 Å². The van der Waals surface area contributed by atoms with Gasteiger partial charge >= 0.3 is 12.1 Å². The van der Waals surface area contributed by atoms with E-state index < -0.39 is 29.0 Å². The summed E-state index contributed by atoms with van der Waals surface area (Å²) in [6, 6.07) is 9.18. The third-order valence-electron chi connectivity index (χ3n) is 4.12. The first-order chi connectivity index (χ1) is 13.9. The predicted molar refractivity (Wildman–Crippen MR) is 104 cm³/mol. The van der Waals surface area contributed by atoms with E-state index in [1.165, 1.54) is 7.11 Å². The molecule has 2 rings (SSSR count). The Bertz CT molecular complexity index is 925. The Morgan fingerprint density at radius 3 is 2.30 bits per heavy atom. The number of carboxylic acid groups (broad SMARTS) is 1. The molecule has 0 atom stereocenters. The van der Waals surface area contributed by atoms with Crippen LogP contribution in [0.4, 0.5) is 18.9 Å². The van der Waals surface area contributed by atoms with E-state index >= 15 is 0 Å². The minimum Gasteiger partial charge on any atom is -0.497 e. The second kappa shape index (κ2) is 9.06. The monoisotopic (exact) mass is 425 g/mol. The summed E-state index contributed by atoms with van der Waals surface area (Å²) in [6.07, 6.45) is -5.08. The van der Waals surface area contributed by atoms with Crippen molar-refractivity contribution in [1.29, 1.82) is 0 Å². The van der Waals surface area contributed by atoms with Gasteiger partial charge in [-0.1, -0.05) is 19.9 Å². The Hall–Kier alpha value is -3.23. The summed E-state index contributed by atoms with van der Waals surface area (Å²) in [5, 5.41) is 11.4. The molecule has 0 fully saturated rings. The maximum Gasteiger partial charge on any atom is 0.416 e. The van der Waals surface area contributed by atoms with Crippen molar-refractivity contribution in [3.8, 4) is 17.2 Å². The summed E-state index contributed by atoms with van der Waals surface area (Å²) in [7, 11) is 1.46. The van der Waals surface area contributed by atoms with Gasteiger partial charge in [-0.25, -0.2) is 0 Å². The minimum atomic E-state index is -4.61. The number of alkyl halides is 3. The van der Waals surface area contributed by atoms with Gasteiger partial charge in [-0.3, -0.25) is 9.59 Å². The molecule has 1 amide bonds. The Morgan fingerprint density at radius 2 is 1.70 bits per heavy atom. The number of hydrogen-bond acceptors (Lipinski definition) is 4. The van der Waals surface area contributed by atoms with Gasteiger partial charge in [0.25, 0.3) is 0 Å². The van der Waals surface area contributed by atoms with Crippen molar-refractivity contribution in [2.75, 3.05) is 12.4 Å². The van der Waals surface area contributed by atoms with Gasteiger partial charge in [0.05, 0.1) is 24.8 Å². The van der Waals surface area contributed by atoms with E-state index in [4.69, 9.17) is 14.6 Å². The summed E-state index contributed by atoms with van der Waals surface area (Å²) in [5.74, 6) is -0.915. The molecule has 0 unspecified atom stereocenters. The van der Waals surface area contributed by atoms with Gasteiger partial charge < -0.3 is 19.9 Å². The molecule has 162 valence electrons. The molecule has 2 N–H and O–H groups in total. The van der Waals surface area contributed by atoms with Crippen LogP contribution in [-0.2, 0) is 15.8 Å². The van der Waals surface area contributed by atoms with Crippen molar-refractivity contribution in [3.63, 3.8) is 0 Å². The van der Waals surface area contributed by atoms with E-state index in [0.717, 1.165) is 18.2 Å². The molecule has 0 aromatic heterocycles. The van der Waals surface area contributed by atoms with Gasteiger partial charge in [0.15, 0.2) is 5.75 Å². The Balaban J connectivity index is 2.32. The fraction of sp³-hybridized carbons (Fsp3) is 0.333. The minimum absolute atomic E-state index is 0.000596. The number of benzene rings is 2. The highest BCUT2D eigenvalue weighted by atomic mass is 19.4. The van der Waals surface area contributed by atoms with Crippen molar-refractivity contribution in [3.05, 3.63) is 48.0 Å².